The molecule has 6 heteroatoms. The van der Waals surface area contributed by atoms with Crippen LogP contribution in [0.4, 0.5) is 5.82 Å². The number of nitrogens with zero attached hydrogens (tertiary/aromatic N) is 2. The monoisotopic (exact) mass is 414 g/mol. The van der Waals surface area contributed by atoms with E-state index in [1.807, 2.05) is 30.3 Å². The summed E-state index contributed by atoms with van der Waals surface area (Å²) in [5.41, 5.74) is 7.61. The average Bonchev–Trinajstić information content (AvgIpc) is 2.61. The summed E-state index contributed by atoms with van der Waals surface area (Å²) in [6.45, 7) is 4.95. The summed E-state index contributed by atoms with van der Waals surface area (Å²) in [5.74, 6) is 1.89. The Hall–Kier alpha value is -2.18. The molecule has 0 aliphatic rings. The first-order valence-electron chi connectivity index (χ1n) is 8.69. The van der Waals surface area contributed by atoms with Gasteiger partial charge in [0.05, 0.1) is 11.1 Å². The van der Waals surface area contributed by atoms with Crippen LogP contribution in [0.5, 0.6) is 5.75 Å². The van der Waals surface area contributed by atoms with Gasteiger partial charge < -0.3 is 16.2 Å². The topological polar surface area (TPSA) is 84.1 Å². The zero-order valence-electron chi connectivity index (χ0n) is 14.9. The van der Waals surface area contributed by atoms with Gasteiger partial charge in [0, 0.05) is 22.4 Å². The molecule has 5 nitrogen and oxygen atoms in total. The molecule has 0 unspecified atom stereocenters. The van der Waals surface area contributed by atoms with Crippen molar-refractivity contribution in [1.82, 2.24) is 9.97 Å². The molecule has 0 saturated heterocycles. The molecule has 1 heterocycles. The highest BCUT2D eigenvalue weighted by atomic mass is 79.9. The van der Waals surface area contributed by atoms with E-state index in [1.54, 1.807) is 12.1 Å². The van der Waals surface area contributed by atoms with Crippen molar-refractivity contribution < 1.29 is 5.11 Å². The number of hydrogen-bond donors (Lipinski definition) is 3. The maximum atomic E-state index is 10.2. The van der Waals surface area contributed by atoms with Gasteiger partial charge in [-0.3, -0.25) is 0 Å². The fraction of sp³-hybridized carbons (Fsp3) is 0.300. The van der Waals surface area contributed by atoms with Crippen LogP contribution in [0.2, 0.25) is 0 Å². The minimum atomic E-state index is 0.0476. The zero-order chi connectivity index (χ0) is 18.7. The molecule has 1 aromatic heterocycles. The van der Waals surface area contributed by atoms with Crippen molar-refractivity contribution in [2.45, 2.75) is 26.3 Å². The first-order chi connectivity index (χ1) is 12.4. The molecule has 3 aromatic rings. The van der Waals surface area contributed by atoms with Crippen LogP contribution in [-0.2, 0) is 0 Å². The summed E-state index contributed by atoms with van der Waals surface area (Å²) in [6, 6.07) is 13.1. The third-order valence-corrected chi connectivity index (χ3v) is 4.60. The van der Waals surface area contributed by atoms with Gasteiger partial charge >= 0.3 is 0 Å². The fourth-order valence-electron chi connectivity index (χ4n) is 2.94. The summed E-state index contributed by atoms with van der Waals surface area (Å²) in [5, 5.41) is 14.5. The summed E-state index contributed by atoms with van der Waals surface area (Å²) >= 11 is 3.44. The Morgan fingerprint density at radius 2 is 1.92 bits per heavy atom. The first-order valence-corrected chi connectivity index (χ1v) is 9.48. The number of nitrogens with two attached hydrogens (primary N) is 1. The van der Waals surface area contributed by atoms with Crippen molar-refractivity contribution in [2.24, 2.45) is 11.7 Å². The first kappa shape index (κ1) is 18.6. The minimum absolute atomic E-state index is 0.0476. The van der Waals surface area contributed by atoms with Crippen molar-refractivity contribution in [1.29, 1.82) is 0 Å². The molecule has 1 atom stereocenters. The molecule has 0 bridgehead atoms. The number of halogens is 1. The molecule has 3 rings (SSSR count). The smallest absolute Gasteiger partial charge is 0.165 e. The Kier molecular flexibility index (Phi) is 5.74. The van der Waals surface area contributed by atoms with E-state index in [1.165, 1.54) is 0 Å². The summed E-state index contributed by atoms with van der Waals surface area (Å²) in [6.07, 6.45) is 0.940. The Bertz CT molecular complexity index is 913. The van der Waals surface area contributed by atoms with Crippen molar-refractivity contribution in [3.8, 4) is 17.1 Å². The molecule has 4 N–H and O–H groups in total. The number of phenolic OH excluding ortho intramolecular Hbond substituents is 1. The molecular formula is C20H23BrN4O. The molecule has 2 aromatic carbocycles. The van der Waals surface area contributed by atoms with Crippen LogP contribution in [0.15, 0.2) is 46.9 Å². The quantitative estimate of drug-likeness (QED) is 0.550. The van der Waals surface area contributed by atoms with Gasteiger partial charge in [-0.1, -0.05) is 41.9 Å². The van der Waals surface area contributed by atoms with Crippen LogP contribution < -0.4 is 11.1 Å². The number of aromatic hydroxyl groups is 1. The largest absolute Gasteiger partial charge is 0.507 e. The van der Waals surface area contributed by atoms with Crippen LogP contribution >= 0.6 is 15.9 Å². The predicted molar refractivity (Wildman–Crippen MR) is 110 cm³/mol. The lowest BCUT2D eigenvalue weighted by Crippen LogP contribution is -2.30. The lowest BCUT2D eigenvalue weighted by molar-refractivity contribution is 0.477. The number of benzene rings is 2. The van der Waals surface area contributed by atoms with Crippen LogP contribution in [0.3, 0.4) is 0 Å². The number of para-hydroxylation sites is 1. The van der Waals surface area contributed by atoms with Crippen LogP contribution in [-0.4, -0.2) is 27.7 Å². The molecule has 136 valence electrons. The summed E-state index contributed by atoms with van der Waals surface area (Å²) < 4.78 is 0.857. The third-order valence-electron chi connectivity index (χ3n) is 4.11. The maximum absolute atomic E-state index is 10.2. The van der Waals surface area contributed by atoms with Gasteiger partial charge in [-0.2, -0.15) is 0 Å². The normalized spacial score (nSPS) is 12.5. The third kappa shape index (κ3) is 4.31. The molecule has 0 spiro atoms. The fourth-order valence-corrected chi connectivity index (χ4v) is 3.30. The Labute approximate surface area is 161 Å². The zero-order valence-corrected chi connectivity index (χ0v) is 16.5. The van der Waals surface area contributed by atoms with E-state index in [4.69, 9.17) is 5.73 Å². The van der Waals surface area contributed by atoms with Gasteiger partial charge in [0.25, 0.3) is 0 Å². The number of rotatable bonds is 6. The Morgan fingerprint density at radius 3 is 2.69 bits per heavy atom. The van der Waals surface area contributed by atoms with Gasteiger partial charge in [0.1, 0.15) is 11.6 Å². The molecular weight excluding hydrogens is 392 g/mol. The van der Waals surface area contributed by atoms with Crippen molar-refractivity contribution in [2.75, 3.05) is 11.9 Å². The van der Waals surface area contributed by atoms with Gasteiger partial charge in [-0.15, -0.1) is 0 Å². The van der Waals surface area contributed by atoms with E-state index in [2.05, 4.69) is 45.1 Å². The van der Waals surface area contributed by atoms with Gasteiger partial charge in [-0.25, -0.2) is 9.97 Å². The van der Waals surface area contributed by atoms with E-state index < -0.39 is 0 Å². The second-order valence-electron chi connectivity index (χ2n) is 6.84. The highest BCUT2D eigenvalue weighted by Crippen LogP contribution is 2.32. The molecule has 0 aliphatic heterocycles. The van der Waals surface area contributed by atoms with E-state index >= 15 is 0 Å². The number of phenols is 1. The Balaban J connectivity index is 2.00. The highest BCUT2D eigenvalue weighted by Gasteiger charge is 2.14. The lowest BCUT2D eigenvalue weighted by Gasteiger charge is -2.17. The van der Waals surface area contributed by atoms with E-state index in [0.29, 0.717) is 23.9 Å². The number of aromatic nitrogens is 2. The minimum Gasteiger partial charge on any atom is -0.507 e. The van der Waals surface area contributed by atoms with E-state index in [9.17, 15) is 5.11 Å². The maximum Gasteiger partial charge on any atom is 0.165 e. The SMILES string of the molecule is CC(C)C[C@H](N)CNc1nc(-c2cc(Br)ccc2O)nc2ccccc12. The molecule has 0 radical (unpaired) electrons. The molecule has 26 heavy (non-hydrogen) atoms. The number of nitrogens with one attached hydrogen (secondary N) is 1. The number of hydrogen-bond acceptors (Lipinski definition) is 5. The number of anilines is 1. The van der Waals surface area contributed by atoms with Crippen LogP contribution in [0.25, 0.3) is 22.3 Å². The number of fused-ring (bicyclic) bond motifs is 1. The van der Waals surface area contributed by atoms with Crippen molar-refractivity contribution in [3.63, 3.8) is 0 Å². The Morgan fingerprint density at radius 1 is 1.15 bits per heavy atom. The van der Waals surface area contributed by atoms with Crippen LogP contribution in [0, 0.1) is 5.92 Å². The van der Waals surface area contributed by atoms with Crippen molar-refractivity contribution >= 4 is 32.7 Å². The highest BCUT2D eigenvalue weighted by molar-refractivity contribution is 9.10. The molecule has 0 saturated carbocycles. The predicted octanol–water partition coefficient (Wildman–Crippen LogP) is 4.55. The van der Waals surface area contributed by atoms with Gasteiger partial charge in [0.15, 0.2) is 5.82 Å². The molecule has 0 amide bonds. The molecule has 0 fully saturated rings. The molecule has 0 aliphatic carbocycles. The standard InChI is InChI=1S/C20H23BrN4O/c1-12(2)9-14(22)11-23-19-15-5-3-4-6-17(15)24-20(25-19)16-10-13(21)7-8-18(16)26/h3-8,10,12,14,26H,9,11,22H2,1-2H3,(H,23,24,25)/t14-/m0/s1. The summed E-state index contributed by atoms with van der Waals surface area (Å²) in [4.78, 5) is 9.29. The van der Waals surface area contributed by atoms with Crippen molar-refractivity contribution in [3.05, 3.63) is 46.9 Å². The second kappa shape index (κ2) is 8.01. The van der Waals surface area contributed by atoms with Crippen LogP contribution in [0.1, 0.15) is 20.3 Å². The summed E-state index contributed by atoms with van der Waals surface area (Å²) in [7, 11) is 0. The second-order valence-corrected chi connectivity index (χ2v) is 7.76. The average molecular weight is 415 g/mol. The van der Waals surface area contributed by atoms with Gasteiger partial charge in [-0.05, 0) is 42.7 Å². The lowest BCUT2D eigenvalue weighted by atomic mass is 10.0. The van der Waals surface area contributed by atoms with E-state index in [-0.39, 0.29) is 11.8 Å². The van der Waals surface area contributed by atoms with E-state index in [0.717, 1.165) is 27.6 Å². The van der Waals surface area contributed by atoms with Gasteiger partial charge in [0.2, 0.25) is 0 Å².